The molecule has 0 aliphatic carbocycles. The first-order valence-electron chi connectivity index (χ1n) is 6.65. The molecule has 0 aliphatic rings. The van der Waals surface area contributed by atoms with Crippen LogP contribution in [0.2, 0.25) is 5.02 Å². The van der Waals surface area contributed by atoms with Crippen LogP contribution in [0.15, 0.2) is 34.1 Å². The van der Waals surface area contributed by atoms with Gasteiger partial charge in [-0.1, -0.05) is 11.6 Å². The summed E-state index contributed by atoms with van der Waals surface area (Å²) in [4.78, 5) is 24.3. The van der Waals surface area contributed by atoms with Gasteiger partial charge in [0.2, 0.25) is 0 Å². The van der Waals surface area contributed by atoms with Gasteiger partial charge in [0, 0.05) is 5.02 Å². The van der Waals surface area contributed by atoms with Gasteiger partial charge < -0.3 is 4.74 Å². The van der Waals surface area contributed by atoms with Crippen molar-refractivity contribution in [2.24, 2.45) is 0 Å². The van der Waals surface area contributed by atoms with E-state index in [2.05, 4.69) is 26.8 Å². The van der Waals surface area contributed by atoms with Crippen molar-refractivity contribution >= 4 is 50.7 Å². The van der Waals surface area contributed by atoms with E-state index in [1.807, 2.05) is 6.92 Å². The van der Waals surface area contributed by atoms with Crippen LogP contribution in [0.5, 0.6) is 5.75 Å². The first-order chi connectivity index (χ1) is 10.9. The number of halogens is 2. The van der Waals surface area contributed by atoms with Crippen LogP contribution in [0.25, 0.3) is 0 Å². The average Bonchev–Trinajstić information content (AvgIpc) is 2.94. The van der Waals surface area contributed by atoms with E-state index in [0.29, 0.717) is 15.6 Å². The predicted molar refractivity (Wildman–Crippen MR) is 93.9 cm³/mol. The van der Waals surface area contributed by atoms with Gasteiger partial charge in [0.25, 0.3) is 11.8 Å². The third kappa shape index (κ3) is 4.95. The second-order valence-electron chi connectivity index (χ2n) is 4.72. The van der Waals surface area contributed by atoms with Gasteiger partial charge in [-0.05, 0) is 65.7 Å². The minimum atomic E-state index is -0.772. The summed E-state index contributed by atoms with van der Waals surface area (Å²) >= 11 is 10.5. The van der Waals surface area contributed by atoms with Crippen molar-refractivity contribution in [3.63, 3.8) is 0 Å². The molecular formula is C15H14BrClN2O3S. The molecule has 122 valence electrons. The number of hydrazine groups is 1. The van der Waals surface area contributed by atoms with Crippen LogP contribution < -0.4 is 15.6 Å². The van der Waals surface area contributed by atoms with Gasteiger partial charge in [-0.3, -0.25) is 20.4 Å². The van der Waals surface area contributed by atoms with Crippen molar-refractivity contribution in [3.05, 3.63) is 49.6 Å². The summed E-state index contributed by atoms with van der Waals surface area (Å²) in [6, 6.07) is 8.55. The molecule has 0 saturated carbocycles. The molecule has 1 heterocycles. The van der Waals surface area contributed by atoms with Crippen molar-refractivity contribution < 1.29 is 14.3 Å². The van der Waals surface area contributed by atoms with Crippen LogP contribution in [0, 0.1) is 6.92 Å². The summed E-state index contributed by atoms with van der Waals surface area (Å²) in [7, 11) is 0. The van der Waals surface area contributed by atoms with E-state index >= 15 is 0 Å². The minimum Gasteiger partial charge on any atom is -0.481 e. The molecule has 0 spiro atoms. The highest BCUT2D eigenvalue weighted by atomic mass is 79.9. The van der Waals surface area contributed by atoms with E-state index < -0.39 is 12.0 Å². The molecule has 5 nitrogen and oxygen atoms in total. The standard InChI is InChI=1S/C15H14BrClN2O3S/c1-8-7-10(3-4-11(8)17)22-9(2)14(20)18-19-15(21)12-5-6-13(16)23-12/h3-7,9H,1-2H3,(H,18,20)(H,19,21). The monoisotopic (exact) mass is 416 g/mol. The fourth-order valence-electron chi connectivity index (χ4n) is 1.67. The number of benzene rings is 1. The van der Waals surface area contributed by atoms with Gasteiger partial charge in [0.1, 0.15) is 5.75 Å². The van der Waals surface area contributed by atoms with Gasteiger partial charge in [-0.25, -0.2) is 0 Å². The maximum absolute atomic E-state index is 12.0. The zero-order chi connectivity index (χ0) is 17.0. The molecule has 0 aliphatic heterocycles. The fraction of sp³-hybridized carbons (Fsp3) is 0.200. The van der Waals surface area contributed by atoms with Gasteiger partial charge >= 0.3 is 0 Å². The van der Waals surface area contributed by atoms with E-state index in [9.17, 15) is 9.59 Å². The molecule has 0 saturated heterocycles. The highest BCUT2D eigenvalue weighted by Crippen LogP contribution is 2.22. The highest BCUT2D eigenvalue weighted by molar-refractivity contribution is 9.11. The molecule has 2 aromatic rings. The Morgan fingerprint density at radius 2 is 2.00 bits per heavy atom. The second-order valence-corrected chi connectivity index (χ2v) is 7.59. The number of aryl methyl sites for hydroxylation is 1. The lowest BCUT2D eigenvalue weighted by Crippen LogP contribution is -2.47. The van der Waals surface area contributed by atoms with E-state index in [-0.39, 0.29) is 5.91 Å². The molecule has 2 rings (SSSR count). The van der Waals surface area contributed by atoms with Crippen molar-refractivity contribution in [3.8, 4) is 5.75 Å². The number of carbonyl (C=O) groups excluding carboxylic acids is 2. The molecule has 1 unspecified atom stereocenters. The topological polar surface area (TPSA) is 67.4 Å². The number of hydrogen-bond acceptors (Lipinski definition) is 4. The first-order valence-corrected chi connectivity index (χ1v) is 8.64. The highest BCUT2D eigenvalue weighted by Gasteiger charge is 2.16. The van der Waals surface area contributed by atoms with E-state index in [1.165, 1.54) is 11.3 Å². The van der Waals surface area contributed by atoms with E-state index in [0.717, 1.165) is 9.35 Å². The molecule has 2 N–H and O–H groups in total. The lowest BCUT2D eigenvalue weighted by molar-refractivity contribution is -0.128. The maximum atomic E-state index is 12.0. The Hall–Kier alpha value is -1.57. The lowest BCUT2D eigenvalue weighted by Gasteiger charge is -2.15. The summed E-state index contributed by atoms with van der Waals surface area (Å²) in [5.41, 5.74) is 5.54. The fourth-order valence-corrected chi connectivity index (χ4v) is 3.06. The molecule has 8 heteroatoms. The Bertz CT molecular complexity index is 735. The van der Waals surface area contributed by atoms with Crippen LogP contribution in [0.3, 0.4) is 0 Å². The molecule has 1 aromatic heterocycles. The maximum Gasteiger partial charge on any atom is 0.279 e. The number of amides is 2. The van der Waals surface area contributed by atoms with E-state index in [4.69, 9.17) is 16.3 Å². The largest absolute Gasteiger partial charge is 0.481 e. The Morgan fingerprint density at radius 1 is 1.26 bits per heavy atom. The summed E-state index contributed by atoms with van der Waals surface area (Å²) in [6.45, 7) is 3.44. The van der Waals surface area contributed by atoms with Crippen molar-refractivity contribution in [1.82, 2.24) is 10.9 Å². The van der Waals surface area contributed by atoms with Crippen molar-refractivity contribution in [1.29, 1.82) is 0 Å². The Labute approximate surface area is 151 Å². The second kappa shape index (κ2) is 7.81. The molecule has 0 bridgehead atoms. The Balaban J connectivity index is 1.87. The number of thiophene rings is 1. The summed E-state index contributed by atoms with van der Waals surface area (Å²) in [6.07, 6.45) is -0.772. The summed E-state index contributed by atoms with van der Waals surface area (Å²) < 4.78 is 6.36. The van der Waals surface area contributed by atoms with Gasteiger partial charge in [-0.15, -0.1) is 11.3 Å². The van der Waals surface area contributed by atoms with Gasteiger partial charge in [-0.2, -0.15) is 0 Å². The van der Waals surface area contributed by atoms with Crippen LogP contribution in [-0.4, -0.2) is 17.9 Å². The molecule has 1 atom stereocenters. The third-order valence-corrected chi connectivity index (χ3v) is 4.95. The SMILES string of the molecule is Cc1cc(OC(C)C(=O)NNC(=O)c2ccc(Br)s2)ccc1Cl. The van der Waals surface area contributed by atoms with Crippen molar-refractivity contribution in [2.75, 3.05) is 0 Å². The zero-order valence-corrected chi connectivity index (χ0v) is 15.5. The number of hydrogen-bond donors (Lipinski definition) is 2. The van der Waals surface area contributed by atoms with Crippen LogP contribution in [0.1, 0.15) is 22.2 Å². The Morgan fingerprint density at radius 3 is 2.61 bits per heavy atom. The smallest absolute Gasteiger partial charge is 0.279 e. The predicted octanol–water partition coefficient (Wildman–Crippen LogP) is 3.70. The van der Waals surface area contributed by atoms with Gasteiger partial charge in [0.15, 0.2) is 6.10 Å². The van der Waals surface area contributed by atoms with Crippen LogP contribution >= 0.6 is 38.9 Å². The Kier molecular flexibility index (Phi) is 6.04. The number of carbonyl (C=O) groups is 2. The molecule has 1 aromatic carbocycles. The number of rotatable bonds is 4. The molecular weight excluding hydrogens is 404 g/mol. The average molecular weight is 418 g/mol. The van der Waals surface area contributed by atoms with Gasteiger partial charge in [0.05, 0.1) is 8.66 Å². The minimum absolute atomic E-state index is 0.386. The summed E-state index contributed by atoms with van der Waals surface area (Å²) in [5, 5.41) is 0.629. The molecule has 0 radical (unpaired) electrons. The quantitative estimate of drug-likeness (QED) is 0.745. The van der Waals surface area contributed by atoms with E-state index in [1.54, 1.807) is 37.3 Å². The zero-order valence-electron chi connectivity index (χ0n) is 12.4. The van der Waals surface area contributed by atoms with Crippen molar-refractivity contribution in [2.45, 2.75) is 20.0 Å². The lowest BCUT2D eigenvalue weighted by atomic mass is 10.2. The molecule has 23 heavy (non-hydrogen) atoms. The normalized spacial score (nSPS) is 11.7. The van der Waals surface area contributed by atoms with Crippen LogP contribution in [-0.2, 0) is 4.79 Å². The first kappa shape index (κ1) is 17.8. The number of ether oxygens (including phenoxy) is 1. The third-order valence-electron chi connectivity index (χ3n) is 2.91. The van der Waals surface area contributed by atoms with Crippen LogP contribution in [0.4, 0.5) is 0 Å². The number of nitrogens with one attached hydrogen (secondary N) is 2. The molecule has 0 fully saturated rings. The molecule has 2 amide bonds. The summed E-state index contributed by atoms with van der Waals surface area (Å²) in [5.74, 6) is -0.312.